The molecule has 3 rings (SSSR count). The van der Waals surface area contributed by atoms with Crippen molar-refractivity contribution in [3.05, 3.63) is 99.1 Å². The highest BCUT2D eigenvalue weighted by molar-refractivity contribution is 7.92. The lowest BCUT2D eigenvalue weighted by molar-refractivity contribution is -0.385. The lowest BCUT2D eigenvalue weighted by atomic mass is 10.2. The van der Waals surface area contributed by atoms with Gasteiger partial charge in [-0.1, -0.05) is 30.3 Å². The Hall–Kier alpha value is -4.32. The van der Waals surface area contributed by atoms with Crippen molar-refractivity contribution in [3.63, 3.8) is 0 Å². The van der Waals surface area contributed by atoms with E-state index in [-0.39, 0.29) is 27.6 Å². The van der Waals surface area contributed by atoms with Crippen molar-refractivity contribution in [2.45, 2.75) is 4.90 Å². The summed E-state index contributed by atoms with van der Waals surface area (Å²) in [6.45, 7) is -0.721. The smallest absolute Gasteiger partial charge is 0.271 e. The van der Waals surface area contributed by atoms with Crippen LogP contribution >= 0.6 is 0 Å². The molecule has 1 N–H and O–H groups in total. The van der Waals surface area contributed by atoms with Gasteiger partial charge in [0.1, 0.15) is 6.54 Å². The number of nitrogens with one attached hydrogen (secondary N) is 1. The second kappa shape index (κ2) is 9.22. The van der Waals surface area contributed by atoms with Gasteiger partial charge in [0.2, 0.25) is 5.91 Å². The molecule has 3 aromatic carbocycles. The van der Waals surface area contributed by atoms with Crippen LogP contribution in [0.4, 0.5) is 22.7 Å². The summed E-state index contributed by atoms with van der Waals surface area (Å²) in [5.41, 5.74) is -0.595. The van der Waals surface area contributed by atoms with Crippen molar-refractivity contribution in [1.29, 1.82) is 0 Å². The minimum absolute atomic E-state index is 0.0859. The van der Waals surface area contributed by atoms with Crippen molar-refractivity contribution in [1.82, 2.24) is 0 Å². The monoisotopic (exact) mass is 456 g/mol. The number of nitrogens with zero attached hydrogens (tertiary/aromatic N) is 3. The number of carbonyl (C=O) groups excluding carboxylic acids is 1. The Labute approximate surface area is 182 Å². The Bertz CT molecular complexity index is 1280. The third kappa shape index (κ3) is 5.05. The van der Waals surface area contributed by atoms with Crippen LogP contribution in [0.25, 0.3) is 0 Å². The number of carbonyl (C=O) groups is 1. The molecule has 12 heteroatoms. The van der Waals surface area contributed by atoms with Gasteiger partial charge in [-0.25, -0.2) is 8.42 Å². The molecule has 0 aliphatic heterocycles. The van der Waals surface area contributed by atoms with Crippen molar-refractivity contribution < 1.29 is 23.1 Å². The zero-order chi connectivity index (χ0) is 23.3. The normalized spacial score (nSPS) is 10.9. The molecule has 0 fully saturated rings. The molecule has 0 aromatic heterocycles. The molecule has 1 amide bonds. The van der Waals surface area contributed by atoms with Crippen LogP contribution in [0.1, 0.15) is 0 Å². The largest absolute Gasteiger partial charge is 0.324 e. The van der Waals surface area contributed by atoms with E-state index in [1.54, 1.807) is 6.07 Å². The third-order valence-corrected chi connectivity index (χ3v) is 6.08. The lowest BCUT2D eigenvalue weighted by Gasteiger charge is -2.24. The molecule has 0 heterocycles. The molecule has 0 radical (unpaired) electrons. The molecule has 164 valence electrons. The molecule has 11 nitrogen and oxygen atoms in total. The van der Waals surface area contributed by atoms with Gasteiger partial charge in [-0.2, -0.15) is 0 Å². The van der Waals surface area contributed by atoms with Gasteiger partial charge < -0.3 is 5.32 Å². The van der Waals surface area contributed by atoms with E-state index in [1.165, 1.54) is 60.7 Å². The van der Waals surface area contributed by atoms with Crippen LogP contribution in [0.5, 0.6) is 0 Å². The van der Waals surface area contributed by atoms with Gasteiger partial charge >= 0.3 is 0 Å². The third-order valence-electron chi connectivity index (χ3n) is 4.29. The minimum atomic E-state index is -4.26. The highest BCUT2D eigenvalue weighted by atomic mass is 32.2. The Balaban J connectivity index is 1.97. The molecule has 3 aromatic rings. The van der Waals surface area contributed by atoms with E-state index in [0.717, 1.165) is 16.4 Å². The molecule has 0 aliphatic rings. The van der Waals surface area contributed by atoms with E-state index >= 15 is 0 Å². The van der Waals surface area contributed by atoms with Gasteiger partial charge in [0.05, 0.1) is 20.4 Å². The van der Waals surface area contributed by atoms with Crippen LogP contribution in [-0.2, 0) is 14.8 Å². The molecule has 0 bridgehead atoms. The minimum Gasteiger partial charge on any atom is -0.324 e. The van der Waals surface area contributed by atoms with E-state index in [4.69, 9.17) is 0 Å². The van der Waals surface area contributed by atoms with Crippen LogP contribution in [0.15, 0.2) is 83.8 Å². The highest BCUT2D eigenvalue weighted by Crippen LogP contribution is 2.27. The van der Waals surface area contributed by atoms with Crippen LogP contribution in [0, 0.1) is 20.2 Å². The van der Waals surface area contributed by atoms with E-state index in [2.05, 4.69) is 5.32 Å². The van der Waals surface area contributed by atoms with Gasteiger partial charge in [-0.3, -0.25) is 29.3 Å². The van der Waals surface area contributed by atoms with Crippen LogP contribution in [0.3, 0.4) is 0 Å². The van der Waals surface area contributed by atoms with E-state index in [1.807, 2.05) is 0 Å². The summed E-state index contributed by atoms with van der Waals surface area (Å²) in [5, 5.41) is 24.5. The molecule has 0 aliphatic carbocycles. The van der Waals surface area contributed by atoms with E-state index in [9.17, 15) is 33.4 Å². The predicted molar refractivity (Wildman–Crippen MR) is 116 cm³/mol. The van der Waals surface area contributed by atoms with Crippen LogP contribution in [-0.4, -0.2) is 30.7 Å². The first kappa shape index (κ1) is 22.4. The number of amides is 1. The number of sulfonamides is 1. The maximum absolute atomic E-state index is 13.2. The first-order chi connectivity index (χ1) is 15.2. The zero-order valence-electron chi connectivity index (χ0n) is 16.3. The van der Waals surface area contributed by atoms with Crippen LogP contribution in [0.2, 0.25) is 0 Å². The van der Waals surface area contributed by atoms with Crippen LogP contribution < -0.4 is 9.62 Å². The standard InChI is InChI=1S/C20H16N4O7S/c25-20(21-15-6-4-8-17(12-15)23(26)27)14-22(16-7-5-9-18(13-16)24(28)29)32(30,31)19-10-2-1-3-11-19/h1-13H,14H2,(H,21,25). The SMILES string of the molecule is O=C(CN(c1cccc([N+](=O)[O-])c1)S(=O)(=O)c1ccccc1)Nc1cccc([N+](=O)[O-])c1. The topological polar surface area (TPSA) is 153 Å². The molecule has 0 saturated heterocycles. The lowest BCUT2D eigenvalue weighted by Crippen LogP contribution is -2.38. The second-order valence-electron chi connectivity index (χ2n) is 6.46. The van der Waals surface area contributed by atoms with Crippen molar-refractivity contribution in [2.24, 2.45) is 0 Å². The quantitative estimate of drug-likeness (QED) is 0.403. The number of nitro groups is 2. The molecule has 0 unspecified atom stereocenters. The van der Waals surface area contributed by atoms with Crippen molar-refractivity contribution >= 4 is 38.7 Å². The molecular formula is C20H16N4O7S. The molecule has 0 atom stereocenters. The molecule has 0 saturated carbocycles. The summed E-state index contributed by atoms with van der Waals surface area (Å²) < 4.78 is 27.2. The summed E-state index contributed by atoms with van der Waals surface area (Å²) in [4.78, 5) is 33.3. The van der Waals surface area contributed by atoms with Gasteiger partial charge in [-0.05, 0) is 24.3 Å². The Kier molecular flexibility index (Phi) is 6.45. The Morgan fingerprint density at radius 2 is 1.44 bits per heavy atom. The second-order valence-corrected chi connectivity index (χ2v) is 8.32. The maximum Gasteiger partial charge on any atom is 0.271 e. The first-order valence-electron chi connectivity index (χ1n) is 9.05. The average molecular weight is 456 g/mol. The fourth-order valence-corrected chi connectivity index (χ4v) is 4.26. The number of hydrogen-bond donors (Lipinski definition) is 1. The highest BCUT2D eigenvalue weighted by Gasteiger charge is 2.28. The first-order valence-corrected chi connectivity index (χ1v) is 10.5. The number of anilines is 2. The van der Waals surface area contributed by atoms with Gasteiger partial charge in [0, 0.05) is 30.0 Å². The Morgan fingerprint density at radius 3 is 2.06 bits per heavy atom. The van der Waals surface area contributed by atoms with Crippen molar-refractivity contribution in [3.8, 4) is 0 Å². The van der Waals surface area contributed by atoms with Gasteiger partial charge in [0.15, 0.2) is 0 Å². The summed E-state index contributed by atoms with van der Waals surface area (Å²) >= 11 is 0. The van der Waals surface area contributed by atoms with E-state index < -0.39 is 32.3 Å². The number of non-ortho nitro benzene ring substituents is 2. The predicted octanol–water partition coefficient (Wildman–Crippen LogP) is 3.34. The number of nitro benzene ring substituents is 2. The summed E-state index contributed by atoms with van der Waals surface area (Å²) in [7, 11) is -4.26. The van der Waals surface area contributed by atoms with Crippen molar-refractivity contribution in [2.75, 3.05) is 16.2 Å². The molecule has 32 heavy (non-hydrogen) atoms. The van der Waals surface area contributed by atoms with Gasteiger partial charge in [0.25, 0.3) is 21.4 Å². The zero-order valence-corrected chi connectivity index (χ0v) is 17.1. The summed E-state index contributed by atoms with van der Waals surface area (Å²) in [6, 6.07) is 17.3. The van der Waals surface area contributed by atoms with E-state index in [0.29, 0.717) is 0 Å². The fraction of sp³-hybridized carbons (Fsp3) is 0.0500. The Morgan fingerprint density at radius 1 is 0.844 bits per heavy atom. The maximum atomic E-state index is 13.2. The average Bonchev–Trinajstić information content (AvgIpc) is 2.78. The molecule has 0 spiro atoms. The van der Waals surface area contributed by atoms with Gasteiger partial charge in [-0.15, -0.1) is 0 Å². The fourth-order valence-electron chi connectivity index (χ4n) is 2.82. The summed E-state index contributed by atoms with van der Waals surface area (Å²) in [6.07, 6.45) is 0. The summed E-state index contributed by atoms with van der Waals surface area (Å²) in [5.74, 6) is -0.795. The number of benzene rings is 3. The molecular weight excluding hydrogens is 440 g/mol. The number of rotatable bonds is 8. The number of hydrogen-bond acceptors (Lipinski definition) is 7.